The molecule has 7 heteroatoms. The van der Waals surface area contributed by atoms with Gasteiger partial charge in [-0.15, -0.1) is 0 Å². The zero-order valence-electron chi connectivity index (χ0n) is 15.4. The summed E-state index contributed by atoms with van der Waals surface area (Å²) >= 11 is 0. The van der Waals surface area contributed by atoms with Crippen molar-refractivity contribution in [3.05, 3.63) is 34.4 Å². The first-order chi connectivity index (χ1) is 12.5. The highest BCUT2D eigenvalue weighted by molar-refractivity contribution is 5.77. The maximum atomic E-state index is 12.3. The molecular formula is C19H29N4O3+. The van der Waals surface area contributed by atoms with E-state index in [2.05, 4.69) is 17.1 Å². The predicted molar refractivity (Wildman–Crippen MR) is 100 cm³/mol. The Kier molecular flexibility index (Phi) is 6.08. The molecule has 2 fully saturated rings. The number of hydrogen-bond donors (Lipinski definition) is 2. The highest BCUT2D eigenvalue weighted by Crippen LogP contribution is 2.23. The number of nitro groups is 1. The first-order valence-electron chi connectivity index (χ1n) is 9.63. The van der Waals surface area contributed by atoms with Crippen molar-refractivity contribution < 1.29 is 14.6 Å². The molecule has 1 aromatic rings. The van der Waals surface area contributed by atoms with E-state index in [1.165, 1.54) is 17.7 Å². The van der Waals surface area contributed by atoms with Gasteiger partial charge in [-0.3, -0.25) is 14.9 Å². The van der Waals surface area contributed by atoms with Gasteiger partial charge in [0.25, 0.3) is 11.6 Å². The van der Waals surface area contributed by atoms with Crippen molar-refractivity contribution in [2.24, 2.45) is 5.92 Å². The van der Waals surface area contributed by atoms with Crippen molar-refractivity contribution in [1.82, 2.24) is 5.32 Å². The van der Waals surface area contributed by atoms with Crippen molar-refractivity contribution in [2.75, 3.05) is 37.6 Å². The number of nitrogens with one attached hydrogen (secondary N) is 2. The molecule has 1 saturated heterocycles. The second kappa shape index (κ2) is 8.49. The van der Waals surface area contributed by atoms with E-state index in [4.69, 9.17) is 0 Å². The number of carbonyl (C=O) groups is 1. The minimum atomic E-state index is -0.378. The van der Waals surface area contributed by atoms with Crippen LogP contribution in [0.1, 0.15) is 32.6 Å². The number of anilines is 1. The minimum absolute atomic E-state index is 0.117. The van der Waals surface area contributed by atoms with Crippen molar-refractivity contribution in [1.29, 1.82) is 0 Å². The van der Waals surface area contributed by atoms with Gasteiger partial charge < -0.3 is 15.1 Å². The summed E-state index contributed by atoms with van der Waals surface area (Å²) in [5, 5.41) is 14.0. The number of piperazine rings is 1. The lowest BCUT2D eigenvalue weighted by Gasteiger charge is -2.34. The third kappa shape index (κ3) is 4.94. The minimum Gasteiger partial charge on any atom is -0.360 e. The summed E-state index contributed by atoms with van der Waals surface area (Å²) in [4.78, 5) is 26.2. The molecule has 26 heavy (non-hydrogen) atoms. The first kappa shape index (κ1) is 18.6. The van der Waals surface area contributed by atoms with E-state index in [0.717, 1.165) is 50.6 Å². The van der Waals surface area contributed by atoms with Crippen molar-refractivity contribution >= 4 is 17.3 Å². The average Bonchev–Trinajstić information content (AvgIpc) is 2.64. The smallest absolute Gasteiger partial charge is 0.275 e. The molecule has 0 atom stereocenters. The van der Waals surface area contributed by atoms with Gasteiger partial charge in [0.2, 0.25) is 0 Å². The Morgan fingerprint density at radius 3 is 2.38 bits per heavy atom. The lowest BCUT2D eigenvalue weighted by molar-refractivity contribution is -0.892. The monoisotopic (exact) mass is 361 g/mol. The van der Waals surface area contributed by atoms with Crippen LogP contribution in [0.3, 0.4) is 0 Å². The molecule has 1 saturated carbocycles. The van der Waals surface area contributed by atoms with Gasteiger partial charge in [-0.2, -0.15) is 0 Å². The van der Waals surface area contributed by atoms with Gasteiger partial charge in [0.1, 0.15) is 0 Å². The van der Waals surface area contributed by atoms with E-state index in [9.17, 15) is 14.9 Å². The van der Waals surface area contributed by atoms with Gasteiger partial charge in [-0.25, -0.2) is 0 Å². The molecule has 2 aliphatic rings. The molecule has 1 heterocycles. The predicted octanol–water partition coefficient (Wildman–Crippen LogP) is 0.995. The van der Waals surface area contributed by atoms with Crippen LogP contribution in [-0.2, 0) is 4.79 Å². The molecule has 0 aromatic heterocycles. The molecule has 3 rings (SSSR count). The van der Waals surface area contributed by atoms with Crippen LogP contribution in [-0.4, -0.2) is 49.6 Å². The fourth-order valence-electron chi connectivity index (χ4n) is 3.95. The molecule has 7 nitrogen and oxygen atoms in total. The van der Waals surface area contributed by atoms with Crippen LogP contribution in [0.5, 0.6) is 0 Å². The highest BCUT2D eigenvalue weighted by Gasteiger charge is 2.25. The van der Waals surface area contributed by atoms with Crippen LogP contribution in [0, 0.1) is 16.0 Å². The summed E-state index contributed by atoms with van der Waals surface area (Å²) in [5.41, 5.74) is 1.13. The van der Waals surface area contributed by atoms with Crippen LogP contribution in [0.2, 0.25) is 0 Å². The maximum Gasteiger partial charge on any atom is 0.275 e. The SMILES string of the molecule is CC1CCC(NC(=O)C[NH+]2CCN(c3ccc([N+](=O)[O-])cc3)CC2)CC1. The number of quaternary nitrogens is 1. The van der Waals surface area contributed by atoms with E-state index < -0.39 is 0 Å². The number of rotatable bonds is 5. The normalized spacial score (nSPS) is 24.3. The van der Waals surface area contributed by atoms with Gasteiger partial charge in [-0.1, -0.05) is 6.92 Å². The van der Waals surface area contributed by atoms with Crippen LogP contribution >= 0.6 is 0 Å². The van der Waals surface area contributed by atoms with E-state index in [0.29, 0.717) is 12.6 Å². The number of nitrogens with zero attached hydrogens (tertiary/aromatic N) is 2. The highest BCUT2D eigenvalue weighted by atomic mass is 16.6. The molecule has 1 aliphatic heterocycles. The largest absolute Gasteiger partial charge is 0.360 e. The topological polar surface area (TPSA) is 79.9 Å². The Hall–Kier alpha value is -2.15. The van der Waals surface area contributed by atoms with Crippen LogP contribution < -0.4 is 15.1 Å². The van der Waals surface area contributed by atoms with Crippen LogP contribution in [0.15, 0.2) is 24.3 Å². The molecule has 2 N–H and O–H groups in total. The van der Waals surface area contributed by atoms with Crippen molar-refractivity contribution in [2.45, 2.75) is 38.6 Å². The van der Waals surface area contributed by atoms with E-state index in [1.54, 1.807) is 24.3 Å². The number of non-ortho nitro benzene ring substituents is 1. The second-order valence-corrected chi connectivity index (χ2v) is 7.71. The van der Waals surface area contributed by atoms with E-state index >= 15 is 0 Å². The van der Waals surface area contributed by atoms with E-state index in [-0.39, 0.29) is 16.5 Å². The van der Waals surface area contributed by atoms with Gasteiger partial charge in [0.05, 0.1) is 31.1 Å². The Balaban J connectivity index is 1.42. The van der Waals surface area contributed by atoms with Gasteiger partial charge in [0, 0.05) is 23.9 Å². The molecule has 1 aliphatic carbocycles. The molecule has 1 aromatic carbocycles. The van der Waals surface area contributed by atoms with Crippen molar-refractivity contribution in [3.8, 4) is 0 Å². The zero-order chi connectivity index (χ0) is 18.5. The summed E-state index contributed by atoms with van der Waals surface area (Å²) in [7, 11) is 0. The standard InChI is InChI=1S/C19H28N4O3/c1-15-2-4-16(5-3-15)20-19(24)14-21-10-12-22(13-11-21)17-6-8-18(9-7-17)23(25)26/h6-9,15-16H,2-5,10-14H2,1H3,(H,20,24)/p+1. The van der Waals surface area contributed by atoms with Gasteiger partial charge >= 0.3 is 0 Å². The summed E-state index contributed by atoms with van der Waals surface area (Å²) in [6.07, 6.45) is 4.64. The van der Waals surface area contributed by atoms with E-state index in [1.807, 2.05) is 0 Å². The Morgan fingerprint density at radius 1 is 1.19 bits per heavy atom. The molecular weight excluding hydrogens is 332 g/mol. The van der Waals surface area contributed by atoms with Gasteiger partial charge in [0.15, 0.2) is 6.54 Å². The lowest BCUT2D eigenvalue weighted by Crippen LogP contribution is -3.16. The number of benzene rings is 1. The number of amides is 1. The summed E-state index contributed by atoms with van der Waals surface area (Å²) in [5.74, 6) is 0.963. The molecule has 0 spiro atoms. The quantitative estimate of drug-likeness (QED) is 0.606. The van der Waals surface area contributed by atoms with Crippen LogP contribution in [0.25, 0.3) is 0 Å². The Labute approximate surface area is 154 Å². The fourth-order valence-corrected chi connectivity index (χ4v) is 3.95. The number of carbonyl (C=O) groups excluding carboxylic acids is 1. The molecule has 0 radical (unpaired) electrons. The summed E-state index contributed by atoms with van der Waals surface area (Å²) < 4.78 is 0. The number of hydrogen-bond acceptors (Lipinski definition) is 4. The molecule has 142 valence electrons. The first-order valence-corrected chi connectivity index (χ1v) is 9.63. The molecule has 1 amide bonds. The number of nitro benzene ring substituents is 1. The average molecular weight is 361 g/mol. The second-order valence-electron chi connectivity index (χ2n) is 7.71. The third-order valence-corrected chi connectivity index (χ3v) is 5.69. The maximum absolute atomic E-state index is 12.3. The van der Waals surface area contributed by atoms with Gasteiger partial charge in [-0.05, 0) is 43.7 Å². The zero-order valence-corrected chi connectivity index (χ0v) is 15.4. The summed E-state index contributed by atoms with van der Waals surface area (Å²) in [6, 6.07) is 7.07. The molecule has 0 bridgehead atoms. The molecule has 0 unspecified atom stereocenters. The fraction of sp³-hybridized carbons (Fsp3) is 0.632. The summed E-state index contributed by atoms with van der Waals surface area (Å²) in [6.45, 7) is 6.37. The lowest BCUT2D eigenvalue weighted by atomic mass is 9.87. The Morgan fingerprint density at radius 2 is 1.81 bits per heavy atom. The third-order valence-electron chi connectivity index (χ3n) is 5.69. The Bertz CT molecular complexity index is 618. The van der Waals surface area contributed by atoms with Crippen LogP contribution in [0.4, 0.5) is 11.4 Å². The van der Waals surface area contributed by atoms with Crippen molar-refractivity contribution in [3.63, 3.8) is 0 Å².